The Balaban J connectivity index is 0.000000611. The number of aliphatic carboxylic acids is 3. The molecule has 0 spiro atoms. The molecule has 0 unspecified atom stereocenters. The standard InChI is InChI=1S/C14H22N2O3.C2HF3O2.C2H2O4/c1-17-12-9-14(19-3)13(18-2)8-11(12)10-16-6-4-15-5-7-16;3-2(4,5)1(6)7;3-1(4)2(5)6/h8-9,15H,4-7,10H2,1-3H3;(H,6,7);(H,3,4)(H,5,6). The van der Waals surface area contributed by atoms with Crippen LogP contribution in [0.1, 0.15) is 5.56 Å². The second-order valence-electron chi connectivity index (χ2n) is 5.96. The van der Waals surface area contributed by atoms with Crippen molar-refractivity contribution in [1.29, 1.82) is 0 Å². The lowest BCUT2D eigenvalue weighted by molar-refractivity contribution is -0.192. The first-order valence-corrected chi connectivity index (χ1v) is 8.85. The third kappa shape index (κ3) is 10.7. The first kappa shape index (κ1) is 28.7. The maximum absolute atomic E-state index is 10.6. The van der Waals surface area contributed by atoms with E-state index in [4.69, 9.17) is 43.9 Å². The average molecular weight is 470 g/mol. The van der Waals surface area contributed by atoms with Crippen molar-refractivity contribution >= 4 is 17.9 Å². The van der Waals surface area contributed by atoms with E-state index < -0.39 is 24.1 Å². The Labute approximate surface area is 181 Å². The van der Waals surface area contributed by atoms with E-state index in [1.165, 1.54) is 0 Å². The van der Waals surface area contributed by atoms with Crippen LogP contribution in [0.25, 0.3) is 0 Å². The molecule has 0 radical (unpaired) electrons. The van der Waals surface area contributed by atoms with E-state index in [-0.39, 0.29) is 0 Å². The fourth-order valence-corrected chi connectivity index (χ4v) is 2.33. The molecule has 1 aromatic carbocycles. The van der Waals surface area contributed by atoms with Gasteiger partial charge in [0.2, 0.25) is 0 Å². The topological polar surface area (TPSA) is 155 Å². The monoisotopic (exact) mass is 470 g/mol. The van der Waals surface area contributed by atoms with Crippen molar-refractivity contribution in [3.05, 3.63) is 17.7 Å². The summed E-state index contributed by atoms with van der Waals surface area (Å²) in [5, 5.41) is 25.3. The van der Waals surface area contributed by atoms with Gasteiger partial charge in [0.25, 0.3) is 0 Å². The largest absolute Gasteiger partial charge is 0.496 e. The number of alkyl halides is 3. The molecule has 1 saturated heterocycles. The van der Waals surface area contributed by atoms with E-state index in [1.807, 2.05) is 12.1 Å². The molecule has 1 aliphatic rings. The Kier molecular flexibility index (Phi) is 12.5. The summed E-state index contributed by atoms with van der Waals surface area (Å²) in [6.07, 6.45) is -5.08. The number of carbonyl (C=O) groups is 3. The Morgan fingerprint density at radius 3 is 1.66 bits per heavy atom. The number of rotatable bonds is 5. The molecule has 1 aliphatic heterocycles. The van der Waals surface area contributed by atoms with Gasteiger partial charge in [0.1, 0.15) is 5.75 Å². The molecule has 32 heavy (non-hydrogen) atoms. The van der Waals surface area contributed by atoms with Crippen LogP contribution in [0.2, 0.25) is 0 Å². The number of halogens is 3. The van der Waals surface area contributed by atoms with Crippen LogP contribution in [-0.2, 0) is 20.9 Å². The number of hydrogen-bond acceptors (Lipinski definition) is 8. The van der Waals surface area contributed by atoms with Crippen LogP contribution < -0.4 is 19.5 Å². The molecule has 0 aliphatic carbocycles. The van der Waals surface area contributed by atoms with Crippen LogP contribution in [0, 0.1) is 0 Å². The molecule has 2 rings (SSSR count). The fourth-order valence-electron chi connectivity index (χ4n) is 2.33. The van der Waals surface area contributed by atoms with E-state index in [9.17, 15) is 13.2 Å². The molecular formula is C18H25F3N2O9. The van der Waals surface area contributed by atoms with Crippen LogP contribution >= 0.6 is 0 Å². The van der Waals surface area contributed by atoms with Gasteiger partial charge in [0.05, 0.1) is 21.3 Å². The minimum absolute atomic E-state index is 0.698. The molecule has 11 nitrogen and oxygen atoms in total. The second-order valence-corrected chi connectivity index (χ2v) is 5.96. The minimum Gasteiger partial charge on any atom is -0.496 e. The van der Waals surface area contributed by atoms with Crippen LogP contribution in [0.5, 0.6) is 17.2 Å². The summed E-state index contributed by atoms with van der Waals surface area (Å²) in [6.45, 7) is 5.05. The normalized spacial score (nSPS) is 13.4. The molecular weight excluding hydrogens is 445 g/mol. The van der Waals surface area contributed by atoms with Crippen molar-refractivity contribution in [2.75, 3.05) is 47.5 Å². The molecule has 0 bridgehead atoms. The number of carboxylic acids is 3. The minimum atomic E-state index is -5.08. The van der Waals surface area contributed by atoms with Gasteiger partial charge in [-0.05, 0) is 6.07 Å². The van der Waals surface area contributed by atoms with Gasteiger partial charge in [-0.25, -0.2) is 14.4 Å². The number of piperazine rings is 1. The number of nitrogens with zero attached hydrogens (tertiary/aromatic N) is 1. The van der Waals surface area contributed by atoms with Crippen molar-refractivity contribution in [2.45, 2.75) is 12.7 Å². The predicted molar refractivity (Wildman–Crippen MR) is 103 cm³/mol. The van der Waals surface area contributed by atoms with Crippen LogP contribution in [-0.4, -0.2) is 91.8 Å². The van der Waals surface area contributed by atoms with E-state index >= 15 is 0 Å². The van der Waals surface area contributed by atoms with E-state index in [2.05, 4.69) is 10.2 Å². The maximum Gasteiger partial charge on any atom is 0.490 e. The smallest absolute Gasteiger partial charge is 0.490 e. The first-order chi connectivity index (χ1) is 14.9. The Morgan fingerprint density at radius 2 is 1.31 bits per heavy atom. The molecule has 1 aromatic rings. The molecule has 0 amide bonds. The highest BCUT2D eigenvalue weighted by molar-refractivity contribution is 6.27. The molecule has 14 heteroatoms. The lowest BCUT2D eigenvalue weighted by Crippen LogP contribution is -2.42. The van der Waals surface area contributed by atoms with E-state index in [0.29, 0.717) is 5.75 Å². The van der Waals surface area contributed by atoms with Gasteiger partial charge in [0.15, 0.2) is 11.5 Å². The predicted octanol–water partition coefficient (Wildman–Crippen LogP) is 0.907. The highest BCUT2D eigenvalue weighted by Gasteiger charge is 2.38. The SMILES string of the molecule is COc1cc(OC)c(OC)cc1CN1CCNCC1.O=C(O)C(=O)O.O=C(O)C(F)(F)F. The molecule has 182 valence electrons. The zero-order chi connectivity index (χ0) is 24.9. The van der Waals surface area contributed by atoms with Crippen LogP contribution in [0.4, 0.5) is 13.2 Å². The number of nitrogens with one attached hydrogen (secondary N) is 1. The Bertz CT molecular complexity index is 755. The van der Waals surface area contributed by atoms with Crippen molar-refractivity contribution in [1.82, 2.24) is 10.2 Å². The quantitative estimate of drug-likeness (QED) is 0.454. The van der Waals surface area contributed by atoms with Gasteiger partial charge in [-0.15, -0.1) is 0 Å². The molecule has 0 atom stereocenters. The van der Waals surface area contributed by atoms with E-state index in [0.717, 1.165) is 49.8 Å². The zero-order valence-electron chi connectivity index (χ0n) is 17.6. The number of ether oxygens (including phenoxy) is 3. The van der Waals surface area contributed by atoms with Gasteiger partial charge < -0.3 is 34.8 Å². The van der Waals surface area contributed by atoms with Crippen molar-refractivity contribution in [3.63, 3.8) is 0 Å². The molecule has 0 aromatic heterocycles. The Morgan fingerprint density at radius 1 is 0.906 bits per heavy atom. The summed E-state index contributed by atoms with van der Waals surface area (Å²) < 4.78 is 47.8. The van der Waals surface area contributed by atoms with Gasteiger partial charge in [-0.3, -0.25) is 4.90 Å². The maximum atomic E-state index is 10.6. The van der Waals surface area contributed by atoms with Crippen LogP contribution in [0.3, 0.4) is 0 Å². The second kappa shape index (κ2) is 13.9. The Hall–Kier alpha value is -3.26. The zero-order valence-corrected chi connectivity index (χ0v) is 17.6. The number of methoxy groups -OCH3 is 3. The number of hydrogen-bond donors (Lipinski definition) is 4. The van der Waals surface area contributed by atoms with Crippen LogP contribution in [0.15, 0.2) is 12.1 Å². The third-order valence-corrected chi connectivity index (χ3v) is 3.82. The fraction of sp³-hybridized carbons (Fsp3) is 0.500. The number of carboxylic acid groups (broad SMARTS) is 3. The van der Waals surface area contributed by atoms with Gasteiger partial charge in [0, 0.05) is 44.4 Å². The van der Waals surface area contributed by atoms with Gasteiger partial charge >= 0.3 is 24.1 Å². The summed E-state index contributed by atoms with van der Waals surface area (Å²) in [4.78, 5) is 29.5. The van der Waals surface area contributed by atoms with Crippen molar-refractivity contribution in [2.24, 2.45) is 0 Å². The average Bonchev–Trinajstić information content (AvgIpc) is 2.74. The van der Waals surface area contributed by atoms with Crippen molar-refractivity contribution < 1.29 is 57.1 Å². The number of benzene rings is 1. The molecule has 1 fully saturated rings. The lowest BCUT2D eigenvalue weighted by Gasteiger charge is -2.28. The highest BCUT2D eigenvalue weighted by Crippen LogP contribution is 2.35. The summed E-state index contributed by atoms with van der Waals surface area (Å²) in [5.74, 6) is -4.12. The van der Waals surface area contributed by atoms with E-state index in [1.54, 1.807) is 21.3 Å². The lowest BCUT2D eigenvalue weighted by atomic mass is 10.1. The third-order valence-electron chi connectivity index (χ3n) is 3.82. The molecule has 0 saturated carbocycles. The summed E-state index contributed by atoms with van der Waals surface area (Å²) in [6, 6.07) is 3.88. The van der Waals surface area contributed by atoms with Gasteiger partial charge in [-0.1, -0.05) is 0 Å². The van der Waals surface area contributed by atoms with Crippen molar-refractivity contribution in [3.8, 4) is 17.2 Å². The summed E-state index contributed by atoms with van der Waals surface area (Å²) in [7, 11) is 4.97. The highest BCUT2D eigenvalue weighted by atomic mass is 19.4. The summed E-state index contributed by atoms with van der Waals surface area (Å²) >= 11 is 0. The molecule has 4 N–H and O–H groups in total. The first-order valence-electron chi connectivity index (χ1n) is 8.85. The molecule has 1 heterocycles. The summed E-state index contributed by atoms with van der Waals surface area (Å²) in [5.41, 5.74) is 1.13. The van der Waals surface area contributed by atoms with Gasteiger partial charge in [-0.2, -0.15) is 13.2 Å².